The number of ketones is 2. The predicted molar refractivity (Wildman–Crippen MR) is 51.1 cm³/mol. The number of hydrogen-bond acceptors (Lipinski definition) is 6. The zero-order chi connectivity index (χ0) is 12.1. The minimum absolute atomic E-state index is 0.193. The standard InChI is InChI=1S/C9H13NO5/c1-6(11)9(10-14,7(2)12)5-4-8(13)15-3/h4-5H2,1-3H3. The molecule has 6 heteroatoms. The molecule has 0 spiro atoms. The molecule has 0 aliphatic heterocycles. The first kappa shape index (κ1) is 13.4. The van der Waals surface area contributed by atoms with Gasteiger partial charge < -0.3 is 4.74 Å². The van der Waals surface area contributed by atoms with E-state index in [2.05, 4.69) is 9.91 Å². The third kappa shape index (κ3) is 2.93. The van der Waals surface area contributed by atoms with E-state index in [0.29, 0.717) is 0 Å². The Labute approximate surface area is 87.0 Å². The lowest BCUT2D eigenvalue weighted by molar-refractivity contribution is -0.141. The Balaban J connectivity index is 4.80. The molecule has 0 aromatic carbocycles. The summed E-state index contributed by atoms with van der Waals surface area (Å²) in [6, 6.07) is 0. The van der Waals surface area contributed by atoms with E-state index in [9.17, 15) is 19.3 Å². The molecule has 0 fully saturated rings. The summed E-state index contributed by atoms with van der Waals surface area (Å²) >= 11 is 0. The highest BCUT2D eigenvalue weighted by atomic mass is 16.5. The number of hydrogen-bond donors (Lipinski definition) is 0. The fourth-order valence-electron chi connectivity index (χ4n) is 1.16. The van der Waals surface area contributed by atoms with Gasteiger partial charge in [0.25, 0.3) is 0 Å². The third-order valence-corrected chi connectivity index (χ3v) is 2.24. The molecule has 0 N–H and O–H groups in total. The zero-order valence-electron chi connectivity index (χ0n) is 8.90. The van der Waals surface area contributed by atoms with Crippen molar-refractivity contribution in [3.05, 3.63) is 4.91 Å². The highest BCUT2D eigenvalue weighted by molar-refractivity contribution is 6.10. The summed E-state index contributed by atoms with van der Waals surface area (Å²) in [6.45, 7) is 2.19. The van der Waals surface area contributed by atoms with Gasteiger partial charge in [-0.2, -0.15) is 0 Å². The quantitative estimate of drug-likeness (QED) is 0.368. The van der Waals surface area contributed by atoms with Crippen LogP contribution in [0.15, 0.2) is 5.18 Å². The largest absolute Gasteiger partial charge is 0.469 e. The summed E-state index contributed by atoms with van der Waals surface area (Å²) < 4.78 is 4.34. The van der Waals surface area contributed by atoms with E-state index >= 15 is 0 Å². The fourth-order valence-corrected chi connectivity index (χ4v) is 1.16. The van der Waals surface area contributed by atoms with Crippen molar-refractivity contribution >= 4 is 17.5 Å². The molecule has 0 unspecified atom stereocenters. The first-order valence-electron chi connectivity index (χ1n) is 4.34. The lowest BCUT2D eigenvalue weighted by atomic mass is 9.86. The minimum atomic E-state index is -1.94. The Morgan fingerprint density at radius 3 is 1.93 bits per heavy atom. The van der Waals surface area contributed by atoms with E-state index in [4.69, 9.17) is 0 Å². The molecule has 0 saturated heterocycles. The van der Waals surface area contributed by atoms with Gasteiger partial charge >= 0.3 is 5.97 Å². The van der Waals surface area contributed by atoms with Crippen LogP contribution < -0.4 is 0 Å². The molecule has 0 aliphatic carbocycles. The highest BCUT2D eigenvalue weighted by Gasteiger charge is 2.42. The first-order chi connectivity index (χ1) is 6.90. The second kappa shape index (κ2) is 5.33. The molecule has 0 aliphatic rings. The maximum absolute atomic E-state index is 11.2. The predicted octanol–water partition coefficient (Wildman–Crippen LogP) is 0.623. The van der Waals surface area contributed by atoms with Gasteiger partial charge in [0.2, 0.25) is 5.54 Å². The number of nitroso groups, excluding NO2 is 1. The van der Waals surface area contributed by atoms with Crippen LogP contribution in [0.5, 0.6) is 0 Å². The first-order valence-corrected chi connectivity index (χ1v) is 4.34. The van der Waals surface area contributed by atoms with Crippen molar-refractivity contribution in [2.24, 2.45) is 5.18 Å². The maximum Gasteiger partial charge on any atom is 0.305 e. The van der Waals surface area contributed by atoms with Crippen molar-refractivity contribution in [3.63, 3.8) is 0 Å². The van der Waals surface area contributed by atoms with Crippen LogP contribution in [0.3, 0.4) is 0 Å². The van der Waals surface area contributed by atoms with Crippen molar-refractivity contribution < 1.29 is 19.1 Å². The molecule has 0 saturated carbocycles. The van der Waals surface area contributed by atoms with Gasteiger partial charge in [-0.1, -0.05) is 0 Å². The van der Waals surface area contributed by atoms with Crippen LogP contribution >= 0.6 is 0 Å². The van der Waals surface area contributed by atoms with E-state index in [-0.39, 0.29) is 12.8 Å². The van der Waals surface area contributed by atoms with Crippen molar-refractivity contribution in [3.8, 4) is 0 Å². The smallest absolute Gasteiger partial charge is 0.305 e. The van der Waals surface area contributed by atoms with Gasteiger partial charge in [-0.3, -0.25) is 14.4 Å². The van der Waals surface area contributed by atoms with Gasteiger partial charge in [0.1, 0.15) is 0 Å². The number of Topliss-reactive ketones (excluding diaryl/α,β-unsaturated/α-hetero) is 2. The van der Waals surface area contributed by atoms with Gasteiger partial charge in [0, 0.05) is 12.8 Å². The summed E-state index contributed by atoms with van der Waals surface area (Å²) in [5, 5.41) is 2.57. The van der Waals surface area contributed by atoms with Gasteiger partial charge in [-0.05, 0) is 19.0 Å². The molecule has 0 aromatic rings. The Morgan fingerprint density at radius 1 is 1.20 bits per heavy atom. The topological polar surface area (TPSA) is 89.9 Å². The molecular weight excluding hydrogens is 202 g/mol. The molecule has 0 heterocycles. The molecule has 6 nitrogen and oxygen atoms in total. The number of rotatable bonds is 6. The summed E-state index contributed by atoms with van der Waals surface area (Å²) in [7, 11) is 1.18. The molecule has 0 amide bonds. The van der Waals surface area contributed by atoms with E-state index in [1.54, 1.807) is 0 Å². The molecule has 0 rings (SSSR count). The van der Waals surface area contributed by atoms with E-state index in [1.807, 2.05) is 0 Å². The number of esters is 1. The SMILES string of the molecule is COC(=O)CCC(N=O)(C(C)=O)C(C)=O. The summed E-state index contributed by atoms with van der Waals surface area (Å²) in [5.41, 5.74) is -1.94. The van der Waals surface area contributed by atoms with E-state index in [1.165, 1.54) is 7.11 Å². The number of methoxy groups -OCH3 is 1. The van der Waals surface area contributed by atoms with E-state index in [0.717, 1.165) is 13.8 Å². The average Bonchev–Trinajstić information content (AvgIpc) is 2.18. The van der Waals surface area contributed by atoms with Crippen LogP contribution in [0.4, 0.5) is 0 Å². The Bertz CT molecular complexity index is 283. The number of carbonyl (C=O) groups is 3. The van der Waals surface area contributed by atoms with Crippen LogP contribution in [0.2, 0.25) is 0 Å². The second-order valence-corrected chi connectivity index (χ2v) is 3.14. The molecule has 0 bridgehead atoms. The summed E-state index contributed by atoms with van der Waals surface area (Å²) in [4.78, 5) is 43.7. The van der Waals surface area contributed by atoms with Crippen LogP contribution in [0, 0.1) is 4.91 Å². The van der Waals surface area contributed by atoms with Gasteiger partial charge in [-0.25, -0.2) is 0 Å². The minimum Gasteiger partial charge on any atom is -0.469 e. The van der Waals surface area contributed by atoms with Crippen LogP contribution in [0.1, 0.15) is 26.7 Å². The molecule has 0 radical (unpaired) electrons. The van der Waals surface area contributed by atoms with E-state index < -0.39 is 23.1 Å². The molecule has 84 valence electrons. The lowest BCUT2D eigenvalue weighted by Crippen LogP contribution is -2.42. The Kier molecular flexibility index (Phi) is 4.77. The average molecular weight is 215 g/mol. The van der Waals surface area contributed by atoms with Crippen LogP contribution in [0.25, 0.3) is 0 Å². The van der Waals surface area contributed by atoms with Crippen molar-refractivity contribution in [2.75, 3.05) is 7.11 Å². The summed E-state index contributed by atoms with van der Waals surface area (Å²) in [5.74, 6) is -1.91. The monoisotopic (exact) mass is 215 g/mol. The lowest BCUT2D eigenvalue weighted by Gasteiger charge is -2.18. The molecular formula is C9H13NO5. The van der Waals surface area contributed by atoms with Crippen molar-refractivity contribution in [2.45, 2.75) is 32.2 Å². The Morgan fingerprint density at radius 2 is 1.67 bits per heavy atom. The molecule has 15 heavy (non-hydrogen) atoms. The van der Waals surface area contributed by atoms with Gasteiger partial charge in [0.05, 0.1) is 7.11 Å². The second-order valence-electron chi connectivity index (χ2n) is 3.14. The van der Waals surface area contributed by atoms with Crippen LogP contribution in [-0.2, 0) is 19.1 Å². The molecule has 0 aromatic heterocycles. The zero-order valence-corrected chi connectivity index (χ0v) is 8.90. The molecule has 0 atom stereocenters. The highest BCUT2D eigenvalue weighted by Crippen LogP contribution is 2.21. The van der Waals surface area contributed by atoms with Crippen molar-refractivity contribution in [1.82, 2.24) is 0 Å². The third-order valence-electron chi connectivity index (χ3n) is 2.24. The number of ether oxygens (including phenoxy) is 1. The Hall–Kier alpha value is -1.59. The number of nitrogens with zero attached hydrogens (tertiary/aromatic N) is 1. The fraction of sp³-hybridized carbons (Fsp3) is 0.667. The van der Waals surface area contributed by atoms with Crippen LogP contribution in [-0.4, -0.2) is 30.2 Å². The van der Waals surface area contributed by atoms with Crippen molar-refractivity contribution in [1.29, 1.82) is 0 Å². The maximum atomic E-state index is 11.2. The normalized spacial score (nSPS) is 10.6. The van der Waals surface area contributed by atoms with Gasteiger partial charge in [0.15, 0.2) is 11.6 Å². The van der Waals surface area contributed by atoms with Gasteiger partial charge in [-0.15, -0.1) is 4.91 Å². The number of carbonyl (C=O) groups excluding carboxylic acids is 3. The summed E-state index contributed by atoms with van der Waals surface area (Å²) in [6.07, 6.45) is -0.435.